The first-order chi connectivity index (χ1) is 12.2. The summed E-state index contributed by atoms with van der Waals surface area (Å²) in [5.74, 6) is 1.18. The van der Waals surface area contributed by atoms with Gasteiger partial charge in [-0.25, -0.2) is 4.79 Å². The molecule has 1 aliphatic rings. The van der Waals surface area contributed by atoms with Gasteiger partial charge in [0.2, 0.25) is 0 Å². The maximum Gasteiger partial charge on any atom is 0.326 e. The van der Waals surface area contributed by atoms with E-state index in [1.165, 1.54) is 0 Å². The molecule has 25 heavy (non-hydrogen) atoms. The van der Waals surface area contributed by atoms with Crippen LogP contribution in [-0.2, 0) is 0 Å². The first kappa shape index (κ1) is 16.6. The molecule has 0 atom stereocenters. The number of urea groups is 1. The Bertz CT molecular complexity index is 791. The SMILES string of the molecule is CCOc1cccc(NC(=O)NC(=O)c2ccc3c(c2)OCCO3)c1. The molecule has 3 rings (SSSR count). The number of hydrogen-bond acceptors (Lipinski definition) is 5. The Morgan fingerprint density at radius 3 is 2.68 bits per heavy atom. The van der Waals surface area contributed by atoms with Crippen LogP contribution >= 0.6 is 0 Å². The van der Waals surface area contributed by atoms with Gasteiger partial charge >= 0.3 is 6.03 Å². The average Bonchev–Trinajstić information content (AvgIpc) is 2.61. The number of imide groups is 1. The lowest BCUT2D eigenvalue weighted by Crippen LogP contribution is -2.34. The van der Waals surface area contributed by atoms with Crippen LogP contribution in [0.1, 0.15) is 17.3 Å². The lowest BCUT2D eigenvalue weighted by atomic mass is 10.2. The zero-order valence-electron chi connectivity index (χ0n) is 13.7. The minimum Gasteiger partial charge on any atom is -0.494 e. The van der Waals surface area contributed by atoms with E-state index in [0.29, 0.717) is 48.3 Å². The fourth-order valence-electron chi connectivity index (χ4n) is 2.35. The van der Waals surface area contributed by atoms with Crippen molar-refractivity contribution in [3.8, 4) is 17.2 Å². The van der Waals surface area contributed by atoms with Gasteiger partial charge < -0.3 is 19.5 Å². The molecule has 0 saturated carbocycles. The van der Waals surface area contributed by atoms with Crippen molar-refractivity contribution in [2.75, 3.05) is 25.1 Å². The first-order valence-electron chi connectivity index (χ1n) is 7.90. The van der Waals surface area contributed by atoms with Gasteiger partial charge in [0.25, 0.3) is 5.91 Å². The predicted octanol–water partition coefficient (Wildman–Crippen LogP) is 2.82. The number of carbonyl (C=O) groups is 2. The largest absolute Gasteiger partial charge is 0.494 e. The van der Waals surface area contributed by atoms with Crippen LogP contribution in [0.5, 0.6) is 17.2 Å². The summed E-state index contributed by atoms with van der Waals surface area (Å²) in [6.07, 6.45) is 0. The van der Waals surface area contributed by atoms with Crippen LogP contribution in [0.2, 0.25) is 0 Å². The summed E-state index contributed by atoms with van der Waals surface area (Å²) in [7, 11) is 0. The minimum atomic E-state index is -0.631. The van der Waals surface area contributed by atoms with Crippen LogP contribution in [-0.4, -0.2) is 31.8 Å². The maximum atomic E-state index is 12.2. The predicted molar refractivity (Wildman–Crippen MR) is 91.5 cm³/mol. The van der Waals surface area contributed by atoms with Crippen molar-refractivity contribution in [3.05, 3.63) is 48.0 Å². The van der Waals surface area contributed by atoms with Gasteiger partial charge in [-0.05, 0) is 37.3 Å². The van der Waals surface area contributed by atoms with Gasteiger partial charge in [0, 0.05) is 17.3 Å². The number of ether oxygens (including phenoxy) is 3. The average molecular weight is 342 g/mol. The van der Waals surface area contributed by atoms with E-state index in [2.05, 4.69) is 10.6 Å². The zero-order chi connectivity index (χ0) is 17.6. The summed E-state index contributed by atoms with van der Waals surface area (Å²) in [5, 5.41) is 4.87. The van der Waals surface area contributed by atoms with Crippen molar-refractivity contribution in [2.24, 2.45) is 0 Å². The molecule has 0 aromatic heterocycles. The molecule has 1 aliphatic heterocycles. The molecular weight excluding hydrogens is 324 g/mol. The molecule has 2 N–H and O–H groups in total. The summed E-state index contributed by atoms with van der Waals surface area (Å²) in [4.78, 5) is 24.2. The van der Waals surface area contributed by atoms with Crippen LogP contribution < -0.4 is 24.8 Å². The highest BCUT2D eigenvalue weighted by Gasteiger charge is 2.16. The van der Waals surface area contributed by atoms with Crippen LogP contribution in [0.4, 0.5) is 10.5 Å². The number of benzene rings is 2. The molecule has 0 spiro atoms. The van der Waals surface area contributed by atoms with Gasteiger partial charge in [-0.2, -0.15) is 0 Å². The number of fused-ring (bicyclic) bond motifs is 1. The Morgan fingerprint density at radius 1 is 1.08 bits per heavy atom. The van der Waals surface area contributed by atoms with E-state index in [-0.39, 0.29) is 0 Å². The van der Waals surface area contributed by atoms with Gasteiger partial charge in [0.15, 0.2) is 11.5 Å². The molecule has 7 heteroatoms. The van der Waals surface area contributed by atoms with Gasteiger partial charge in [-0.1, -0.05) is 6.07 Å². The van der Waals surface area contributed by atoms with Gasteiger partial charge in [0.05, 0.1) is 6.61 Å². The second kappa shape index (κ2) is 7.57. The number of carbonyl (C=O) groups excluding carboxylic acids is 2. The third-order valence-electron chi connectivity index (χ3n) is 3.43. The van der Waals surface area contributed by atoms with Crippen LogP contribution in [0.3, 0.4) is 0 Å². The van der Waals surface area contributed by atoms with Crippen molar-refractivity contribution in [2.45, 2.75) is 6.92 Å². The second-order valence-electron chi connectivity index (χ2n) is 5.23. The quantitative estimate of drug-likeness (QED) is 0.892. The number of amides is 3. The molecule has 7 nitrogen and oxygen atoms in total. The monoisotopic (exact) mass is 342 g/mol. The van der Waals surface area contributed by atoms with Crippen LogP contribution in [0.25, 0.3) is 0 Å². The molecule has 0 radical (unpaired) electrons. The van der Waals surface area contributed by atoms with Crippen molar-refractivity contribution in [1.82, 2.24) is 5.32 Å². The number of nitrogens with one attached hydrogen (secondary N) is 2. The van der Waals surface area contributed by atoms with Gasteiger partial charge in [0.1, 0.15) is 19.0 Å². The maximum absolute atomic E-state index is 12.2. The minimum absolute atomic E-state index is 0.308. The highest BCUT2D eigenvalue weighted by atomic mass is 16.6. The van der Waals surface area contributed by atoms with Crippen molar-refractivity contribution < 1.29 is 23.8 Å². The number of anilines is 1. The third kappa shape index (κ3) is 4.20. The van der Waals surface area contributed by atoms with Crippen molar-refractivity contribution in [1.29, 1.82) is 0 Å². The van der Waals surface area contributed by atoms with E-state index in [0.717, 1.165) is 0 Å². The normalized spacial score (nSPS) is 12.2. The van der Waals surface area contributed by atoms with E-state index >= 15 is 0 Å². The summed E-state index contributed by atoms with van der Waals surface area (Å²) in [6, 6.07) is 11.1. The lowest BCUT2D eigenvalue weighted by molar-refractivity contribution is 0.0966. The Morgan fingerprint density at radius 2 is 1.88 bits per heavy atom. The fraction of sp³-hybridized carbons (Fsp3) is 0.222. The number of rotatable bonds is 4. The third-order valence-corrected chi connectivity index (χ3v) is 3.43. The summed E-state index contributed by atoms with van der Waals surface area (Å²) in [6.45, 7) is 3.30. The topological polar surface area (TPSA) is 85.9 Å². The van der Waals surface area contributed by atoms with Crippen LogP contribution in [0, 0.1) is 0 Å². The lowest BCUT2D eigenvalue weighted by Gasteiger charge is -2.18. The highest BCUT2D eigenvalue weighted by molar-refractivity contribution is 6.08. The second-order valence-corrected chi connectivity index (χ2v) is 5.23. The first-order valence-corrected chi connectivity index (χ1v) is 7.90. The number of hydrogen-bond donors (Lipinski definition) is 2. The van der Waals surface area contributed by atoms with Crippen LogP contribution in [0.15, 0.2) is 42.5 Å². The Kier molecular flexibility index (Phi) is 5.03. The fourth-order valence-corrected chi connectivity index (χ4v) is 2.35. The van der Waals surface area contributed by atoms with Gasteiger partial charge in [-0.15, -0.1) is 0 Å². The Balaban J connectivity index is 1.62. The molecule has 0 aliphatic carbocycles. The van der Waals surface area contributed by atoms with Crippen molar-refractivity contribution in [3.63, 3.8) is 0 Å². The highest BCUT2D eigenvalue weighted by Crippen LogP contribution is 2.30. The Hall–Kier alpha value is -3.22. The summed E-state index contributed by atoms with van der Waals surface area (Å²) >= 11 is 0. The molecule has 2 aromatic carbocycles. The summed E-state index contributed by atoms with van der Waals surface area (Å²) in [5.41, 5.74) is 0.834. The van der Waals surface area contributed by atoms with E-state index in [9.17, 15) is 9.59 Å². The Labute approximate surface area is 144 Å². The molecule has 130 valence electrons. The van der Waals surface area contributed by atoms with E-state index < -0.39 is 11.9 Å². The smallest absolute Gasteiger partial charge is 0.326 e. The molecule has 0 unspecified atom stereocenters. The standard InChI is InChI=1S/C18H18N2O5/c1-2-23-14-5-3-4-13(11-14)19-18(22)20-17(21)12-6-7-15-16(10-12)25-9-8-24-15/h3-7,10-11H,2,8-9H2,1H3,(H2,19,20,21,22). The molecule has 0 bridgehead atoms. The molecule has 3 amide bonds. The van der Waals surface area contributed by atoms with E-state index in [1.54, 1.807) is 42.5 Å². The van der Waals surface area contributed by atoms with Gasteiger partial charge in [-0.3, -0.25) is 10.1 Å². The van der Waals surface area contributed by atoms with E-state index in [1.807, 2.05) is 6.92 Å². The zero-order valence-corrected chi connectivity index (χ0v) is 13.7. The van der Waals surface area contributed by atoms with E-state index in [4.69, 9.17) is 14.2 Å². The molecule has 2 aromatic rings. The molecular formula is C18H18N2O5. The molecule has 0 fully saturated rings. The molecule has 0 saturated heterocycles. The molecule has 1 heterocycles. The van der Waals surface area contributed by atoms with Crippen molar-refractivity contribution >= 4 is 17.6 Å². The summed E-state index contributed by atoms with van der Waals surface area (Å²) < 4.78 is 16.2.